The molecule has 0 N–H and O–H groups in total. The molecule has 1 aromatic heterocycles. The second kappa shape index (κ2) is 8.19. The number of carbonyl (C=O) groups is 1. The minimum Gasteiger partial charge on any atom is -0.336 e. The summed E-state index contributed by atoms with van der Waals surface area (Å²) in [5, 5.41) is 5.54. The maximum atomic E-state index is 13.2. The molecule has 3 aromatic rings. The Morgan fingerprint density at radius 1 is 1.03 bits per heavy atom. The molecule has 1 heterocycles. The first-order chi connectivity index (χ1) is 13.7. The van der Waals surface area contributed by atoms with Crippen LogP contribution < -0.4 is 5.56 Å². The highest BCUT2D eigenvalue weighted by Gasteiger charge is 2.20. The second-order valence-corrected chi connectivity index (χ2v) is 8.53. The Kier molecular flexibility index (Phi) is 5.87. The summed E-state index contributed by atoms with van der Waals surface area (Å²) in [6.45, 7) is 9.49. The topological polar surface area (TPSA) is 55.2 Å². The third-order valence-electron chi connectivity index (χ3n) is 5.09. The van der Waals surface area contributed by atoms with Crippen LogP contribution >= 0.6 is 0 Å². The van der Waals surface area contributed by atoms with Crippen molar-refractivity contribution in [2.24, 2.45) is 0 Å². The van der Waals surface area contributed by atoms with E-state index in [1.165, 1.54) is 10.2 Å². The Balaban J connectivity index is 1.92. The quantitative estimate of drug-likeness (QED) is 0.649. The number of nitrogens with zero attached hydrogens (tertiary/aromatic N) is 3. The summed E-state index contributed by atoms with van der Waals surface area (Å²) in [6.07, 6.45) is 0.773. The first-order valence-corrected chi connectivity index (χ1v) is 10.1. The summed E-state index contributed by atoms with van der Waals surface area (Å²) in [6, 6.07) is 15.5. The van der Waals surface area contributed by atoms with Gasteiger partial charge < -0.3 is 4.90 Å². The van der Waals surface area contributed by atoms with E-state index in [2.05, 4.69) is 50.1 Å². The highest BCUT2D eigenvalue weighted by atomic mass is 16.2. The molecule has 0 saturated carbocycles. The molecular weight excluding hydrogens is 362 g/mol. The van der Waals surface area contributed by atoms with Crippen LogP contribution in [0.2, 0.25) is 0 Å². The van der Waals surface area contributed by atoms with Crippen molar-refractivity contribution in [2.45, 2.75) is 52.6 Å². The minimum atomic E-state index is -0.189. The van der Waals surface area contributed by atoms with Gasteiger partial charge in [-0.1, -0.05) is 70.2 Å². The number of fused-ring (bicyclic) bond motifs is 1. The summed E-state index contributed by atoms with van der Waals surface area (Å²) in [5.74, 6) is -0.189. The van der Waals surface area contributed by atoms with Gasteiger partial charge in [-0.3, -0.25) is 9.59 Å². The largest absolute Gasteiger partial charge is 0.336 e. The molecule has 0 fully saturated rings. The summed E-state index contributed by atoms with van der Waals surface area (Å²) in [7, 11) is 1.77. The average Bonchev–Trinajstić information content (AvgIpc) is 2.69. The van der Waals surface area contributed by atoms with Gasteiger partial charge in [0.2, 0.25) is 0 Å². The second-order valence-electron chi connectivity index (χ2n) is 8.53. The summed E-state index contributed by atoms with van der Waals surface area (Å²) < 4.78 is 1.40. The molecule has 0 atom stereocenters. The molecule has 0 saturated heterocycles. The number of amides is 1. The van der Waals surface area contributed by atoms with Crippen LogP contribution in [0.15, 0.2) is 53.3 Å². The maximum absolute atomic E-state index is 13.2. The molecule has 0 bridgehead atoms. The Labute approximate surface area is 172 Å². The van der Waals surface area contributed by atoms with Gasteiger partial charge in [0, 0.05) is 25.5 Å². The zero-order chi connectivity index (χ0) is 21.2. The predicted molar refractivity (Wildman–Crippen MR) is 117 cm³/mol. The Morgan fingerprint density at radius 2 is 1.66 bits per heavy atom. The van der Waals surface area contributed by atoms with Crippen LogP contribution in [0.4, 0.5) is 0 Å². The molecule has 0 aliphatic rings. The predicted octanol–water partition coefficient (Wildman–Crippen LogP) is 4.38. The van der Waals surface area contributed by atoms with Gasteiger partial charge in [0.05, 0.1) is 5.39 Å². The molecule has 152 valence electrons. The van der Waals surface area contributed by atoms with Gasteiger partial charge in [-0.25, -0.2) is 4.68 Å². The number of hydrogen-bond donors (Lipinski definition) is 0. The lowest BCUT2D eigenvalue weighted by Gasteiger charge is -2.21. The van der Waals surface area contributed by atoms with Gasteiger partial charge in [-0.2, -0.15) is 5.10 Å². The van der Waals surface area contributed by atoms with Gasteiger partial charge in [0.25, 0.3) is 11.5 Å². The highest BCUT2D eigenvalue weighted by Crippen LogP contribution is 2.23. The molecule has 5 heteroatoms. The molecule has 2 aromatic carbocycles. The Morgan fingerprint density at radius 3 is 2.24 bits per heavy atom. The van der Waals surface area contributed by atoms with Gasteiger partial charge in [0.15, 0.2) is 5.69 Å². The number of aryl methyl sites for hydroxylation is 1. The minimum absolute atomic E-state index is 0.0933. The molecule has 29 heavy (non-hydrogen) atoms. The first-order valence-electron chi connectivity index (χ1n) is 10.1. The smallest absolute Gasteiger partial charge is 0.274 e. The van der Waals surface area contributed by atoms with Crippen LogP contribution in [0, 0.1) is 0 Å². The van der Waals surface area contributed by atoms with Crippen molar-refractivity contribution in [3.05, 3.63) is 75.7 Å². The Bertz CT molecular complexity index is 1080. The highest BCUT2D eigenvalue weighted by molar-refractivity contribution is 6.04. The molecule has 1 amide bonds. The van der Waals surface area contributed by atoms with E-state index in [-0.39, 0.29) is 16.9 Å². The van der Waals surface area contributed by atoms with Crippen LogP contribution in [0.1, 0.15) is 55.7 Å². The van der Waals surface area contributed by atoms with E-state index in [1.807, 2.05) is 19.1 Å². The number of carbonyl (C=O) groups excluding carboxylic acids is 1. The summed E-state index contributed by atoms with van der Waals surface area (Å²) in [4.78, 5) is 27.5. The van der Waals surface area contributed by atoms with E-state index in [1.54, 1.807) is 24.1 Å². The lowest BCUT2D eigenvalue weighted by Crippen LogP contribution is -2.32. The normalized spacial score (nSPS) is 11.6. The third kappa shape index (κ3) is 4.39. The zero-order valence-electron chi connectivity index (χ0n) is 17.9. The molecule has 3 rings (SSSR count). The molecule has 0 unspecified atom stereocenters. The number of hydrogen-bond acceptors (Lipinski definition) is 3. The van der Waals surface area contributed by atoms with E-state index >= 15 is 0 Å². The van der Waals surface area contributed by atoms with Crippen LogP contribution in [0.3, 0.4) is 0 Å². The molecule has 5 nitrogen and oxygen atoms in total. The number of aromatic nitrogens is 2. The fourth-order valence-corrected chi connectivity index (χ4v) is 3.39. The lowest BCUT2D eigenvalue weighted by molar-refractivity contribution is 0.0778. The summed E-state index contributed by atoms with van der Waals surface area (Å²) >= 11 is 0. The van der Waals surface area contributed by atoms with E-state index in [4.69, 9.17) is 0 Å². The number of benzene rings is 2. The molecule has 0 spiro atoms. The average molecular weight is 392 g/mol. The van der Waals surface area contributed by atoms with Gasteiger partial charge in [-0.15, -0.1) is 0 Å². The van der Waals surface area contributed by atoms with Crippen molar-refractivity contribution in [1.29, 1.82) is 0 Å². The van der Waals surface area contributed by atoms with Crippen LogP contribution in [-0.2, 0) is 18.5 Å². The van der Waals surface area contributed by atoms with Gasteiger partial charge in [0.1, 0.15) is 0 Å². The van der Waals surface area contributed by atoms with Gasteiger partial charge >= 0.3 is 0 Å². The van der Waals surface area contributed by atoms with Crippen LogP contribution in [-0.4, -0.2) is 27.6 Å². The number of rotatable bonds is 5. The van der Waals surface area contributed by atoms with E-state index in [0.717, 1.165) is 12.0 Å². The maximum Gasteiger partial charge on any atom is 0.274 e. The molecule has 0 aliphatic carbocycles. The molecule has 0 radical (unpaired) electrons. The van der Waals surface area contributed by atoms with Crippen molar-refractivity contribution in [2.75, 3.05) is 7.05 Å². The SMILES string of the molecule is CCCn1nc(C(=O)N(C)Cc2ccc(C(C)(C)C)cc2)c2ccccc2c1=O. The van der Waals surface area contributed by atoms with Crippen molar-refractivity contribution < 1.29 is 4.79 Å². The van der Waals surface area contributed by atoms with E-state index in [9.17, 15) is 9.59 Å². The molecule has 0 aliphatic heterocycles. The summed E-state index contributed by atoms with van der Waals surface area (Å²) in [5.41, 5.74) is 2.58. The van der Waals surface area contributed by atoms with Crippen molar-refractivity contribution in [3.63, 3.8) is 0 Å². The first kappa shape index (κ1) is 20.8. The van der Waals surface area contributed by atoms with Crippen molar-refractivity contribution in [3.8, 4) is 0 Å². The van der Waals surface area contributed by atoms with Crippen LogP contribution in [0.25, 0.3) is 10.8 Å². The van der Waals surface area contributed by atoms with Gasteiger partial charge in [-0.05, 0) is 29.0 Å². The fraction of sp³-hybridized carbons (Fsp3) is 0.375. The monoisotopic (exact) mass is 391 g/mol. The molecular formula is C24H29N3O2. The Hall–Kier alpha value is -2.95. The van der Waals surface area contributed by atoms with E-state index in [0.29, 0.717) is 29.6 Å². The van der Waals surface area contributed by atoms with Crippen molar-refractivity contribution in [1.82, 2.24) is 14.7 Å². The zero-order valence-corrected chi connectivity index (χ0v) is 17.9. The lowest BCUT2D eigenvalue weighted by atomic mass is 9.87. The third-order valence-corrected chi connectivity index (χ3v) is 5.09. The standard InChI is InChI=1S/C24H29N3O2/c1-6-15-27-22(28)20-10-8-7-9-19(20)21(25-27)23(29)26(5)16-17-11-13-18(14-12-17)24(2,3)4/h7-14H,6,15-16H2,1-5H3. The van der Waals surface area contributed by atoms with E-state index < -0.39 is 0 Å². The van der Waals surface area contributed by atoms with Crippen molar-refractivity contribution >= 4 is 16.7 Å². The fourth-order valence-electron chi connectivity index (χ4n) is 3.39. The van der Waals surface area contributed by atoms with Crippen LogP contribution in [0.5, 0.6) is 0 Å².